The number of nitrogens with one attached hydrogen (secondary N) is 1. The molecule has 3 atom stereocenters. The van der Waals surface area contributed by atoms with E-state index in [4.69, 9.17) is 0 Å². The maximum atomic E-state index is 14.7. The fourth-order valence-electron chi connectivity index (χ4n) is 6.16. The number of allylic oxidation sites excluding steroid dienone is 1. The van der Waals surface area contributed by atoms with E-state index in [0.29, 0.717) is 37.4 Å². The molecule has 37 heavy (non-hydrogen) atoms. The number of halogens is 2. The van der Waals surface area contributed by atoms with Crippen molar-refractivity contribution in [1.29, 1.82) is 0 Å². The minimum atomic E-state index is -0.611. The van der Waals surface area contributed by atoms with Crippen molar-refractivity contribution in [3.63, 3.8) is 0 Å². The summed E-state index contributed by atoms with van der Waals surface area (Å²) in [5, 5.41) is 3.03. The molecule has 4 nitrogen and oxygen atoms in total. The average molecular weight is 509 g/mol. The molecule has 4 rings (SSSR count). The Labute approximate surface area is 219 Å². The number of likely N-dealkylation sites (tertiary alicyclic amines) is 1. The predicted octanol–water partition coefficient (Wildman–Crippen LogP) is 6.57. The molecule has 0 bridgehead atoms. The molecule has 0 aromatic heterocycles. The number of carbonyl (C=O) groups is 2. The van der Waals surface area contributed by atoms with Gasteiger partial charge in [-0.3, -0.25) is 9.59 Å². The van der Waals surface area contributed by atoms with E-state index in [9.17, 15) is 18.4 Å². The highest BCUT2D eigenvalue weighted by Crippen LogP contribution is 2.43. The first kappa shape index (κ1) is 27.0. The van der Waals surface area contributed by atoms with Gasteiger partial charge in [-0.25, -0.2) is 8.78 Å². The van der Waals surface area contributed by atoms with Crippen molar-refractivity contribution >= 4 is 11.8 Å². The molecular weight excluding hydrogens is 470 g/mol. The Bertz CT molecular complexity index is 1170. The lowest BCUT2D eigenvalue weighted by Crippen LogP contribution is -2.44. The molecule has 2 amide bonds. The predicted molar refractivity (Wildman–Crippen MR) is 142 cm³/mol. The summed E-state index contributed by atoms with van der Waals surface area (Å²) in [6, 6.07) is 10.1. The van der Waals surface area contributed by atoms with Crippen LogP contribution in [0.3, 0.4) is 0 Å². The highest BCUT2D eigenvalue weighted by atomic mass is 19.1. The van der Waals surface area contributed by atoms with Gasteiger partial charge in [-0.2, -0.15) is 0 Å². The van der Waals surface area contributed by atoms with E-state index in [-0.39, 0.29) is 29.7 Å². The van der Waals surface area contributed by atoms with Crippen LogP contribution in [0.4, 0.5) is 8.78 Å². The van der Waals surface area contributed by atoms with Crippen molar-refractivity contribution in [2.45, 2.75) is 77.2 Å². The number of aryl methyl sites for hydroxylation is 1. The molecule has 198 valence electrons. The van der Waals surface area contributed by atoms with Crippen molar-refractivity contribution in [3.05, 3.63) is 82.4 Å². The maximum Gasteiger partial charge on any atom is 0.226 e. The molecule has 1 heterocycles. The molecule has 1 aliphatic heterocycles. The van der Waals surface area contributed by atoms with Crippen molar-refractivity contribution in [1.82, 2.24) is 10.2 Å². The molecule has 2 aromatic carbocycles. The normalized spacial score (nSPS) is 21.5. The van der Waals surface area contributed by atoms with Crippen LogP contribution in [0.25, 0.3) is 0 Å². The molecular formula is C31H38F2N2O2. The van der Waals surface area contributed by atoms with Gasteiger partial charge in [-0.05, 0) is 79.7 Å². The fraction of sp³-hybridized carbons (Fsp3) is 0.484. The largest absolute Gasteiger partial charge is 0.350 e. The van der Waals surface area contributed by atoms with Gasteiger partial charge < -0.3 is 10.2 Å². The molecule has 2 aromatic rings. The molecule has 0 radical (unpaired) electrons. The fourth-order valence-corrected chi connectivity index (χ4v) is 6.16. The minimum Gasteiger partial charge on any atom is -0.350 e. The Hall–Kier alpha value is -3.02. The summed E-state index contributed by atoms with van der Waals surface area (Å²) < 4.78 is 28.2. The number of hydrogen-bond acceptors (Lipinski definition) is 2. The van der Waals surface area contributed by atoms with E-state index in [1.54, 1.807) is 0 Å². The van der Waals surface area contributed by atoms with Crippen molar-refractivity contribution in [3.8, 4) is 0 Å². The van der Waals surface area contributed by atoms with Crippen LogP contribution in [0.5, 0.6) is 0 Å². The highest BCUT2D eigenvalue weighted by Gasteiger charge is 2.38. The zero-order valence-corrected chi connectivity index (χ0v) is 22.2. The first-order valence-electron chi connectivity index (χ1n) is 13.5. The van der Waals surface area contributed by atoms with Gasteiger partial charge >= 0.3 is 0 Å². The summed E-state index contributed by atoms with van der Waals surface area (Å²) in [5.74, 6) is -1.54. The number of rotatable bonds is 6. The van der Waals surface area contributed by atoms with Crippen LogP contribution >= 0.6 is 0 Å². The van der Waals surface area contributed by atoms with Crippen molar-refractivity contribution in [2.75, 3.05) is 13.1 Å². The van der Waals surface area contributed by atoms with E-state index in [2.05, 4.69) is 37.0 Å². The van der Waals surface area contributed by atoms with Crippen LogP contribution in [-0.2, 0) is 16.0 Å². The molecule has 1 saturated heterocycles. The number of nitrogens with zero attached hydrogens (tertiary/aromatic N) is 1. The maximum absolute atomic E-state index is 14.7. The quantitative estimate of drug-likeness (QED) is 0.449. The molecule has 1 saturated carbocycles. The topological polar surface area (TPSA) is 49.4 Å². The Balaban J connectivity index is 1.49. The first-order chi connectivity index (χ1) is 17.7. The SMILES string of the molecule is C=C1CC[C@@H](C(=O)N2CCC(c3ccc(CC)cc3[C@H](C)NC(C)=O)CC2)[C@H](c2ccc(F)cc2F)C1. The van der Waals surface area contributed by atoms with E-state index < -0.39 is 11.6 Å². The summed E-state index contributed by atoms with van der Waals surface area (Å²) in [7, 11) is 0. The summed E-state index contributed by atoms with van der Waals surface area (Å²) in [4.78, 5) is 27.4. The second-order valence-corrected chi connectivity index (χ2v) is 10.7. The van der Waals surface area contributed by atoms with Gasteiger partial charge in [-0.1, -0.05) is 43.3 Å². The van der Waals surface area contributed by atoms with Crippen LogP contribution in [0.2, 0.25) is 0 Å². The van der Waals surface area contributed by atoms with E-state index >= 15 is 0 Å². The minimum absolute atomic E-state index is 0.0527. The Kier molecular flexibility index (Phi) is 8.46. The van der Waals surface area contributed by atoms with Gasteiger partial charge in [0.1, 0.15) is 11.6 Å². The van der Waals surface area contributed by atoms with Gasteiger partial charge in [0, 0.05) is 37.9 Å². The number of amides is 2. The molecule has 0 unspecified atom stereocenters. The Morgan fingerprint density at radius 2 is 1.78 bits per heavy atom. The molecule has 2 aliphatic rings. The standard InChI is InChI=1S/C31H38F2N2O2/c1-5-22-7-10-25(28(17-22)20(3)34-21(4)36)23-12-14-35(15-13-23)31(37)27-9-6-19(2)16-29(27)26-11-8-24(32)18-30(26)33/h7-8,10-11,17-18,20,23,27,29H,2,5-6,9,12-16H2,1,3-4H3,(H,34,36)/t20-,27+,29-/m0/s1. The van der Waals surface area contributed by atoms with Gasteiger partial charge in [0.25, 0.3) is 0 Å². The van der Waals surface area contributed by atoms with Crippen LogP contribution in [0.1, 0.15) is 93.0 Å². The molecule has 1 aliphatic carbocycles. The summed E-state index contributed by atoms with van der Waals surface area (Å²) >= 11 is 0. The third kappa shape index (κ3) is 6.11. The second kappa shape index (κ2) is 11.6. The van der Waals surface area contributed by atoms with Crippen LogP contribution in [-0.4, -0.2) is 29.8 Å². The zero-order valence-electron chi connectivity index (χ0n) is 22.2. The lowest BCUT2D eigenvalue weighted by atomic mass is 9.72. The van der Waals surface area contributed by atoms with E-state index in [1.807, 2.05) is 11.8 Å². The summed E-state index contributed by atoms with van der Waals surface area (Å²) in [5.41, 5.74) is 5.04. The highest BCUT2D eigenvalue weighted by molar-refractivity contribution is 5.80. The van der Waals surface area contributed by atoms with Gasteiger partial charge in [0.2, 0.25) is 11.8 Å². The van der Waals surface area contributed by atoms with Crippen molar-refractivity contribution in [2.24, 2.45) is 5.92 Å². The number of piperidine rings is 1. The number of carbonyl (C=O) groups excluding carboxylic acids is 2. The third-order valence-electron chi connectivity index (χ3n) is 8.17. The van der Waals surface area contributed by atoms with Crippen molar-refractivity contribution < 1.29 is 18.4 Å². The lowest BCUT2D eigenvalue weighted by molar-refractivity contribution is -0.138. The number of hydrogen-bond donors (Lipinski definition) is 1. The molecule has 1 N–H and O–H groups in total. The van der Waals surface area contributed by atoms with Crippen LogP contribution in [0, 0.1) is 17.6 Å². The third-order valence-corrected chi connectivity index (χ3v) is 8.17. The molecule has 2 fully saturated rings. The molecule has 6 heteroatoms. The monoisotopic (exact) mass is 508 g/mol. The Morgan fingerprint density at radius 1 is 1.08 bits per heavy atom. The zero-order chi connectivity index (χ0) is 26.7. The van der Waals surface area contributed by atoms with Gasteiger partial charge in [-0.15, -0.1) is 0 Å². The smallest absolute Gasteiger partial charge is 0.226 e. The second-order valence-electron chi connectivity index (χ2n) is 10.7. The van der Waals surface area contributed by atoms with E-state index in [1.165, 1.54) is 30.2 Å². The average Bonchev–Trinajstić information content (AvgIpc) is 2.87. The van der Waals surface area contributed by atoms with Gasteiger partial charge in [0.05, 0.1) is 6.04 Å². The Morgan fingerprint density at radius 3 is 2.43 bits per heavy atom. The lowest BCUT2D eigenvalue weighted by Gasteiger charge is -2.39. The summed E-state index contributed by atoms with van der Waals surface area (Å²) in [6.45, 7) is 11.1. The summed E-state index contributed by atoms with van der Waals surface area (Å²) in [6.07, 6.45) is 4.54. The van der Waals surface area contributed by atoms with Crippen LogP contribution < -0.4 is 5.32 Å². The number of benzene rings is 2. The van der Waals surface area contributed by atoms with Crippen LogP contribution in [0.15, 0.2) is 48.6 Å². The van der Waals surface area contributed by atoms with E-state index in [0.717, 1.165) is 42.9 Å². The molecule has 0 spiro atoms. The van der Waals surface area contributed by atoms with Gasteiger partial charge in [0.15, 0.2) is 0 Å². The first-order valence-corrected chi connectivity index (χ1v) is 13.5.